The minimum atomic E-state index is 0.115. The molecule has 0 fully saturated rings. The standard InChI is InChI=1S/C10H18N2S/c1-5-10(3,4)9(11)8-6-7(2)12-13-8/h6,9H,5,11H2,1-4H3. The van der Waals surface area contributed by atoms with Crippen LogP contribution < -0.4 is 5.73 Å². The van der Waals surface area contributed by atoms with E-state index in [1.165, 1.54) is 16.4 Å². The van der Waals surface area contributed by atoms with Crippen molar-refractivity contribution in [1.29, 1.82) is 0 Å². The summed E-state index contributed by atoms with van der Waals surface area (Å²) in [6.07, 6.45) is 1.09. The molecule has 0 aliphatic heterocycles. The van der Waals surface area contributed by atoms with Crippen molar-refractivity contribution >= 4 is 11.5 Å². The van der Waals surface area contributed by atoms with Crippen LogP contribution in [0.25, 0.3) is 0 Å². The van der Waals surface area contributed by atoms with Gasteiger partial charge in [0.25, 0.3) is 0 Å². The predicted octanol–water partition coefficient (Wildman–Crippen LogP) is 2.89. The Morgan fingerprint density at radius 1 is 1.62 bits per heavy atom. The summed E-state index contributed by atoms with van der Waals surface area (Å²) >= 11 is 1.52. The lowest BCUT2D eigenvalue weighted by molar-refractivity contribution is 0.281. The maximum Gasteiger partial charge on any atom is 0.0514 e. The first-order chi connectivity index (χ1) is 5.97. The van der Waals surface area contributed by atoms with Crippen molar-refractivity contribution in [3.05, 3.63) is 16.6 Å². The highest BCUT2D eigenvalue weighted by molar-refractivity contribution is 7.05. The zero-order valence-electron chi connectivity index (χ0n) is 8.79. The third-order valence-electron chi connectivity index (χ3n) is 2.71. The Morgan fingerprint density at radius 2 is 2.23 bits per heavy atom. The molecule has 1 heterocycles. The molecule has 2 nitrogen and oxygen atoms in total. The van der Waals surface area contributed by atoms with Crippen molar-refractivity contribution < 1.29 is 0 Å². The van der Waals surface area contributed by atoms with Gasteiger partial charge in [-0.25, -0.2) is 0 Å². The van der Waals surface area contributed by atoms with Crippen LogP contribution in [-0.2, 0) is 0 Å². The first-order valence-electron chi connectivity index (χ1n) is 4.66. The van der Waals surface area contributed by atoms with E-state index in [0.717, 1.165) is 12.1 Å². The summed E-state index contributed by atoms with van der Waals surface area (Å²) < 4.78 is 4.25. The van der Waals surface area contributed by atoms with Crippen LogP contribution in [0.2, 0.25) is 0 Å². The van der Waals surface area contributed by atoms with E-state index in [4.69, 9.17) is 5.73 Å². The van der Waals surface area contributed by atoms with Gasteiger partial charge in [0.05, 0.1) is 5.69 Å². The molecule has 1 atom stereocenters. The van der Waals surface area contributed by atoms with Gasteiger partial charge in [0.2, 0.25) is 0 Å². The third kappa shape index (κ3) is 2.29. The van der Waals surface area contributed by atoms with Crippen LogP contribution in [0.4, 0.5) is 0 Å². The van der Waals surface area contributed by atoms with E-state index in [9.17, 15) is 0 Å². The molecule has 0 spiro atoms. The van der Waals surface area contributed by atoms with Gasteiger partial charge in [-0.2, -0.15) is 4.37 Å². The maximum atomic E-state index is 6.17. The zero-order valence-corrected chi connectivity index (χ0v) is 9.61. The quantitative estimate of drug-likeness (QED) is 0.811. The van der Waals surface area contributed by atoms with Gasteiger partial charge in [0.1, 0.15) is 0 Å². The van der Waals surface area contributed by atoms with E-state index in [2.05, 4.69) is 31.2 Å². The highest BCUT2D eigenvalue weighted by Crippen LogP contribution is 2.35. The first-order valence-corrected chi connectivity index (χ1v) is 5.43. The van der Waals surface area contributed by atoms with Crippen molar-refractivity contribution in [2.24, 2.45) is 11.1 Å². The van der Waals surface area contributed by atoms with Crippen molar-refractivity contribution in [3.63, 3.8) is 0 Å². The van der Waals surface area contributed by atoms with Gasteiger partial charge < -0.3 is 5.73 Å². The number of hydrogen-bond acceptors (Lipinski definition) is 3. The van der Waals surface area contributed by atoms with Crippen molar-refractivity contribution in [2.45, 2.75) is 40.2 Å². The van der Waals surface area contributed by atoms with Gasteiger partial charge in [-0.15, -0.1) is 0 Å². The minimum absolute atomic E-state index is 0.115. The van der Waals surface area contributed by atoms with Crippen LogP contribution in [0, 0.1) is 12.3 Å². The molecule has 1 rings (SSSR count). The van der Waals surface area contributed by atoms with Crippen LogP contribution >= 0.6 is 11.5 Å². The van der Waals surface area contributed by atoms with Crippen LogP contribution in [0.5, 0.6) is 0 Å². The smallest absolute Gasteiger partial charge is 0.0514 e. The average Bonchev–Trinajstić information content (AvgIpc) is 2.50. The Morgan fingerprint density at radius 3 is 2.62 bits per heavy atom. The second-order valence-electron chi connectivity index (χ2n) is 4.19. The first kappa shape index (κ1) is 10.7. The third-order valence-corrected chi connectivity index (χ3v) is 3.67. The van der Waals surface area contributed by atoms with Crippen LogP contribution in [0.15, 0.2) is 6.07 Å². The van der Waals surface area contributed by atoms with Gasteiger partial charge in [0, 0.05) is 10.9 Å². The topological polar surface area (TPSA) is 38.9 Å². The molecule has 0 radical (unpaired) electrons. The van der Waals surface area contributed by atoms with E-state index in [0.29, 0.717) is 0 Å². The molecule has 1 aromatic heterocycles. The molecule has 1 unspecified atom stereocenters. The highest BCUT2D eigenvalue weighted by atomic mass is 32.1. The van der Waals surface area contributed by atoms with E-state index >= 15 is 0 Å². The largest absolute Gasteiger partial charge is 0.323 e. The molecule has 13 heavy (non-hydrogen) atoms. The molecular weight excluding hydrogens is 180 g/mol. The Labute approximate surface area is 84.3 Å². The summed E-state index contributed by atoms with van der Waals surface area (Å²) in [6.45, 7) is 8.58. The Hall–Kier alpha value is -0.410. The van der Waals surface area contributed by atoms with Crippen LogP contribution in [-0.4, -0.2) is 4.37 Å². The molecule has 1 aromatic rings. The fraction of sp³-hybridized carbons (Fsp3) is 0.700. The Kier molecular flexibility index (Phi) is 3.09. The Bertz CT molecular complexity index is 278. The average molecular weight is 198 g/mol. The van der Waals surface area contributed by atoms with Crippen LogP contribution in [0.1, 0.15) is 43.8 Å². The van der Waals surface area contributed by atoms with Gasteiger partial charge in [-0.3, -0.25) is 0 Å². The SMILES string of the molecule is CCC(C)(C)C(N)c1cc(C)ns1. The normalized spacial score (nSPS) is 14.5. The number of hydrogen-bond donors (Lipinski definition) is 1. The molecular formula is C10H18N2S. The molecule has 0 aromatic carbocycles. The summed E-state index contributed by atoms with van der Waals surface area (Å²) in [5, 5.41) is 0. The number of nitrogens with two attached hydrogens (primary N) is 1. The lowest BCUT2D eigenvalue weighted by atomic mass is 9.81. The molecule has 0 bridgehead atoms. The maximum absolute atomic E-state index is 6.17. The second-order valence-corrected chi connectivity index (χ2v) is 5.03. The number of aromatic nitrogens is 1. The highest BCUT2D eigenvalue weighted by Gasteiger charge is 2.26. The molecule has 74 valence electrons. The van der Waals surface area contributed by atoms with E-state index < -0.39 is 0 Å². The molecule has 0 saturated heterocycles. The summed E-state index contributed by atoms with van der Waals surface area (Å²) in [5.74, 6) is 0. The molecule has 0 aliphatic carbocycles. The fourth-order valence-electron chi connectivity index (χ4n) is 1.13. The number of rotatable bonds is 3. The number of aryl methyl sites for hydroxylation is 1. The summed E-state index contributed by atoms with van der Waals surface area (Å²) in [6, 6.07) is 2.20. The summed E-state index contributed by atoms with van der Waals surface area (Å²) in [5.41, 5.74) is 7.40. The van der Waals surface area contributed by atoms with Crippen molar-refractivity contribution in [2.75, 3.05) is 0 Å². The van der Waals surface area contributed by atoms with Crippen LogP contribution in [0.3, 0.4) is 0 Å². The summed E-state index contributed by atoms with van der Waals surface area (Å²) in [4.78, 5) is 1.20. The predicted molar refractivity (Wildman–Crippen MR) is 57.9 cm³/mol. The lowest BCUT2D eigenvalue weighted by Gasteiger charge is -2.29. The number of nitrogens with zero attached hydrogens (tertiary/aromatic N) is 1. The van der Waals surface area contributed by atoms with E-state index in [1.807, 2.05) is 6.92 Å². The lowest BCUT2D eigenvalue weighted by Crippen LogP contribution is -2.27. The van der Waals surface area contributed by atoms with Gasteiger partial charge in [0.15, 0.2) is 0 Å². The molecule has 3 heteroatoms. The van der Waals surface area contributed by atoms with Gasteiger partial charge >= 0.3 is 0 Å². The van der Waals surface area contributed by atoms with E-state index in [1.54, 1.807) is 0 Å². The van der Waals surface area contributed by atoms with Gasteiger partial charge in [-0.05, 0) is 36.4 Å². The summed E-state index contributed by atoms with van der Waals surface area (Å²) in [7, 11) is 0. The molecule has 2 N–H and O–H groups in total. The second kappa shape index (κ2) is 3.76. The van der Waals surface area contributed by atoms with Crippen molar-refractivity contribution in [1.82, 2.24) is 4.37 Å². The van der Waals surface area contributed by atoms with Gasteiger partial charge in [-0.1, -0.05) is 20.8 Å². The zero-order chi connectivity index (χ0) is 10.1. The molecule has 0 saturated carbocycles. The molecule has 0 amide bonds. The van der Waals surface area contributed by atoms with Crippen molar-refractivity contribution in [3.8, 4) is 0 Å². The monoisotopic (exact) mass is 198 g/mol. The molecule has 0 aliphatic rings. The Balaban J connectivity index is 2.84. The minimum Gasteiger partial charge on any atom is -0.323 e. The van der Waals surface area contributed by atoms with E-state index in [-0.39, 0.29) is 11.5 Å². The fourth-order valence-corrected chi connectivity index (χ4v) is 2.09.